The standard InChI is InChI=1S/C15H20FNO3/c1-2-14(15(18)19)17-8-6-12(7-9-17)20-13-5-3-4-11(16)10-13/h3-5,10,12,14H,2,6-9H2,1H3,(H,18,19). The van der Waals surface area contributed by atoms with Crippen molar-refractivity contribution < 1.29 is 19.0 Å². The second kappa shape index (κ2) is 6.70. The Morgan fingerprint density at radius 3 is 2.75 bits per heavy atom. The van der Waals surface area contributed by atoms with Crippen LogP contribution in [0.15, 0.2) is 24.3 Å². The van der Waals surface area contributed by atoms with Gasteiger partial charge in [-0.25, -0.2) is 4.39 Å². The van der Waals surface area contributed by atoms with Gasteiger partial charge in [-0.15, -0.1) is 0 Å². The van der Waals surface area contributed by atoms with Crippen molar-refractivity contribution in [3.63, 3.8) is 0 Å². The van der Waals surface area contributed by atoms with Gasteiger partial charge in [-0.1, -0.05) is 13.0 Å². The summed E-state index contributed by atoms with van der Waals surface area (Å²) in [7, 11) is 0. The second-order valence-corrected chi connectivity index (χ2v) is 5.07. The van der Waals surface area contributed by atoms with Crippen molar-refractivity contribution >= 4 is 5.97 Å². The first kappa shape index (κ1) is 14.8. The number of piperidine rings is 1. The van der Waals surface area contributed by atoms with E-state index >= 15 is 0 Å². The fraction of sp³-hybridized carbons (Fsp3) is 0.533. The van der Waals surface area contributed by atoms with Crippen LogP contribution < -0.4 is 4.74 Å². The summed E-state index contributed by atoms with van der Waals surface area (Å²) >= 11 is 0. The van der Waals surface area contributed by atoms with Crippen LogP contribution in [0.4, 0.5) is 4.39 Å². The normalized spacial score (nSPS) is 18.7. The molecular formula is C15H20FNO3. The molecule has 0 saturated carbocycles. The number of carboxylic acids is 1. The lowest BCUT2D eigenvalue weighted by Crippen LogP contribution is -2.47. The van der Waals surface area contributed by atoms with Gasteiger partial charge >= 0.3 is 5.97 Å². The van der Waals surface area contributed by atoms with Crippen LogP contribution in [0.25, 0.3) is 0 Å². The number of hydrogen-bond donors (Lipinski definition) is 1. The predicted molar refractivity (Wildman–Crippen MR) is 73.3 cm³/mol. The number of halogens is 1. The van der Waals surface area contributed by atoms with Gasteiger partial charge in [0.2, 0.25) is 0 Å². The number of aliphatic carboxylic acids is 1. The lowest BCUT2D eigenvalue weighted by atomic mass is 10.0. The maximum Gasteiger partial charge on any atom is 0.320 e. The molecule has 20 heavy (non-hydrogen) atoms. The van der Waals surface area contributed by atoms with Gasteiger partial charge in [0, 0.05) is 19.2 Å². The highest BCUT2D eigenvalue weighted by Gasteiger charge is 2.28. The summed E-state index contributed by atoms with van der Waals surface area (Å²) < 4.78 is 18.8. The van der Waals surface area contributed by atoms with E-state index in [1.807, 2.05) is 11.8 Å². The molecule has 1 aliphatic rings. The van der Waals surface area contributed by atoms with Gasteiger partial charge in [0.05, 0.1) is 0 Å². The molecular weight excluding hydrogens is 261 g/mol. The van der Waals surface area contributed by atoms with Gasteiger partial charge in [-0.05, 0) is 31.4 Å². The third-order valence-corrected chi connectivity index (χ3v) is 3.69. The maximum atomic E-state index is 13.1. The van der Waals surface area contributed by atoms with E-state index in [9.17, 15) is 9.18 Å². The highest BCUT2D eigenvalue weighted by atomic mass is 19.1. The zero-order valence-corrected chi connectivity index (χ0v) is 11.6. The average molecular weight is 281 g/mol. The molecule has 1 aromatic rings. The largest absolute Gasteiger partial charge is 0.490 e. The maximum absolute atomic E-state index is 13.1. The first-order chi connectivity index (χ1) is 9.60. The highest BCUT2D eigenvalue weighted by Crippen LogP contribution is 2.21. The quantitative estimate of drug-likeness (QED) is 0.901. The van der Waals surface area contributed by atoms with Crippen molar-refractivity contribution in [2.75, 3.05) is 13.1 Å². The minimum absolute atomic E-state index is 0.0272. The van der Waals surface area contributed by atoms with Gasteiger partial charge in [0.25, 0.3) is 0 Å². The Morgan fingerprint density at radius 1 is 1.50 bits per heavy atom. The highest BCUT2D eigenvalue weighted by molar-refractivity contribution is 5.73. The third-order valence-electron chi connectivity index (χ3n) is 3.69. The van der Waals surface area contributed by atoms with E-state index in [2.05, 4.69) is 0 Å². The number of ether oxygens (including phenoxy) is 1. The van der Waals surface area contributed by atoms with Crippen molar-refractivity contribution in [1.82, 2.24) is 4.90 Å². The average Bonchev–Trinajstić information content (AvgIpc) is 2.41. The van der Waals surface area contributed by atoms with E-state index in [0.29, 0.717) is 25.3 Å². The molecule has 1 aromatic carbocycles. The molecule has 0 aliphatic carbocycles. The topological polar surface area (TPSA) is 49.8 Å². The molecule has 0 aromatic heterocycles. The first-order valence-corrected chi connectivity index (χ1v) is 6.99. The summed E-state index contributed by atoms with van der Waals surface area (Å²) in [5.41, 5.74) is 0. The van der Waals surface area contributed by atoms with E-state index in [-0.39, 0.29) is 11.9 Å². The Kier molecular flexibility index (Phi) is 4.95. The fourth-order valence-electron chi connectivity index (χ4n) is 2.63. The molecule has 1 heterocycles. The number of hydrogen-bond acceptors (Lipinski definition) is 3. The Labute approximate surface area is 118 Å². The molecule has 0 radical (unpaired) electrons. The second-order valence-electron chi connectivity index (χ2n) is 5.07. The summed E-state index contributed by atoms with van der Waals surface area (Å²) in [6.45, 7) is 3.28. The van der Waals surface area contributed by atoms with E-state index < -0.39 is 12.0 Å². The zero-order chi connectivity index (χ0) is 14.5. The fourth-order valence-corrected chi connectivity index (χ4v) is 2.63. The van der Waals surface area contributed by atoms with Crippen LogP contribution in [-0.4, -0.2) is 41.2 Å². The predicted octanol–water partition coefficient (Wildman–Crippen LogP) is 2.53. The monoisotopic (exact) mass is 281 g/mol. The molecule has 0 bridgehead atoms. The molecule has 1 unspecified atom stereocenters. The molecule has 1 aliphatic heterocycles. The summed E-state index contributed by atoms with van der Waals surface area (Å²) in [5, 5.41) is 9.14. The number of benzene rings is 1. The van der Waals surface area contributed by atoms with Gasteiger partial charge < -0.3 is 9.84 Å². The van der Waals surface area contributed by atoms with Gasteiger partial charge in [0.1, 0.15) is 23.7 Å². The summed E-state index contributed by atoms with van der Waals surface area (Å²) in [4.78, 5) is 13.1. The van der Waals surface area contributed by atoms with E-state index in [1.54, 1.807) is 12.1 Å². The molecule has 1 fully saturated rings. The van der Waals surface area contributed by atoms with Crippen molar-refractivity contribution in [1.29, 1.82) is 0 Å². The van der Waals surface area contributed by atoms with Crippen molar-refractivity contribution in [3.8, 4) is 5.75 Å². The zero-order valence-electron chi connectivity index (χ0n) is 11.6. The van der Waals surface area contributed by atoms with Crippen molar-refractivity contribution in [2.24, 2.45) is 0 Å². The van der Waals surface area contributed by atoms with Crippen LogP contribution in [-0.2, 0) is 4.79 Å². The Hall–Kier alpha value is -1.62. The van der Waals surface area contributed by atoms with Crippen LogP contribution in [0.5, 0.6) is 5.75 Å². The molecule has 1 N–H and O–H groups in total. The smallest absolute Gasteiger partial charge is 0.320 e. The van der Waals surface area contributed by atoms with Crippen LogP contribution in [0, 0.1) is 5.82 Å². The molecule has 5 heteroatoms. The minimum atomic E-state index is -0.767. The van der Waals surface area contributed by atoms with Gasteiger partial charge in [-0.3, -0.25) is 9.69 Å². The summed E-state index contributed by atoms with van der Waals surface area (Å²) in [6, 6.07) is 5.70. The minimum Gasteiger partial charge on any atom is -0.490 e. The molecule has 0 amide bonds. The lowest BCUT2D eigenvalue weighted by molar-refractivity contribution is -0.144. The number of likely N-dealkylation sites (tertiary alicyclic amines) is 1. The number of nitrogens with zero attached hydrogens (tertiary/aromatic N) is 1. The van der Waals surface area contributed by atoms with E-state index in [1.165, 1.54) is 12.1 Å². The van der Waals surface area contributed by atoms with Crippen LogP contribution in [0.1, 0.15) is 26.2 Å². The van der Waals surface area contributed by atoms with Crippen LogP contribution in [0.3, 0.4) is 0 Å². The summed E-state index contributed by atoms with van der Waals surface area (Å²) in [5.74, 6) is -0.539. The van der Waals surface area contributed by atoms with E-state index in [0.717, 1.165) is 12.8 Å². The SMILES string of the molecule is CCC(C(=O)O)N1CCC(Oc2cccc(F)c2)CC1. The molecule has 0 spiro atoms. The molecule has 4 nitrogen and oxygen atoms in total. The van der Waals surface area contributed by atoms with Crippen molar-refractivity contribution in [3.05, 3.63) is 30.1 Å². The van der Waals surface area contributed by atoms with E-state index in [4.69, 9.17) is 9.84 Å². The molecule has 1 atom stereocenters. The number of carbonyl (C=O) groups is 1. The van der Waals surface area contributed by atoms with Crippen LogP contribution >= 0.6 is 0 Å². The number of carboxylic acid groups (broad SMARTS) is 1. The number of rotatable bonds is 5. The molecule has 110 valence electrons. The Balaban J connectivity index is 1.86. The Bertz CT molecular complexity index is 458. The molecule has 2 rings (SSSR count). The first-order valence-electron chi connectivity index (χ1n) is 6.99. The lowest BCUT2D eigenvalue weighted by Gasteiger charge is -2.35. The van der Waals surface area contributed by atoms with Gasteiger partial charge in [-0.2, -0.15) is 0 Å². The van der Waals surface area contributed by atoms with Crippen molar-refractivity contribution in [2.45, 2.75) is 38.3 Å². The Morgan fingerprint density at radius 2 is 2.20 bits per heavy atom. The van der Waals surface area contributed by atoms with Crippen LogP contribution in [0.2, 0.25) is 0 Å². The van der Waals surface area contributed by atoms with Gasteiger partial charge in [0.15, 0.2) is 0 Å². The summed E-state index contributed by atoms with van der Waals surface area (Å²) in [6.07, 6.45) is 2.16. The third kappa shape index (κ3) is 3.70. The molecule has 1 saturated heterocycles.